The third-order valence-electron chi connectivity index (χ3n) is 1.82. The number of hydrogen-bond acceptors (Lipinski definition) is 3. The topological polar surface area (TPSA) is 49.8 Å². The first-order chi connectivity index (χ1) is 6.27. The van der Waals surface area contributed by atoms with Gasteiger partial charge in [0.05, 0.1) is 6.07 Å². The Morgan fingerprint density at radius 1 is 1.54 bits per heavy atom. The van der Waals surface area contributed by atoms with Crippen LogP contribution in [0.5, 0.6) is 0 Å². The fourth-order valence-corrected chi connectivity index (χ4v) is 1.68. The highest BCUT2D eigenvalue weighted by Gasteiger charge is 1.99. The van der Waals surface area contributed by atoms with Crippen molar-refractivity contribution in [2.45, 2.75) is 17.7 Å². The molecule has 0 radical (unpaired) electrons. The summed E-state index contributed by atoms with van der Waals surface area (Å²) in [5, 5.41) is 8.43. The van der Waals surface area contributed by atoms with E-state index in [1.165, 1.54) is 5.56 Å². The van der Waals surface area contributed by atoms with Crippen LogP contribution < -0.4 is 5.73 Å². The second kappa shape index (κ2) is 4.78. The molecule has 0 heterocycles. The average Bonchev–Trinajstić information content (AvgIpc) is 2.16. The molecule has 68 valence electrons. The lowest BCUT2D eigenvalue weighted by molar-refractivity contribution is 1.00. The van der Waals surface area contributed by atoms with Crippen LogP contribution in [0.2, 0.25) is 0 Å². The zero-order valence-electron chi connectivity index (χ0n) is 7.58. The fraction of sp³-hybridized carbons (Fsp3) is 0.300. The molecule has 1 rings (SSSR count). The van der Waals surface area contributed by atoms with Gasteiger partial charge in [-0.2, -0.15) is 5.26 Å². The predicted molar refractivity (Wildman–Crippen MR) is 56.6 cm³/mol. The van der Waals surface area contributed by atoms with Crippen LogP contribution in [0.15, 0.2) is 23.1 Å². The Bertz CT molecular complexity index is 328. The molecular weight excluding hydrogens is 180 g/mol. The molecule has 0 saturated carbocycles. The van der Waals surface area contributed by atoms with E-state index in [-0.39, 0.29) is 0 Å². The van der Waals surface area contributed by atoms with E-state index >= 15 is 0 Å². The fourth-order valence-electron chi connectivity index (χ4n) is 1.11. The lowest BCUT2D eigenvalue weighted by atomic mass is 10.1. The molecule has 13 heavy (non-hydrogen) atoms. The quantitative estimate of drug-likeness (QED) is 0.591. The molecule has 2 nitrogen and oxygen atoms in total. The van der Waals surface area contributed by atoms with Gasteiger partial charge in [0.15, 0.2) is 0 Å². The van der Waals surface area contributed by atoms with E-state index < -0.39 is 0 Å². The highest BCUT2D eigenvalue weighted by molar-refractivity contribution is 7.98. The Morgan fingerprint density at radius 2 is 2.31 bits per heavy atom. The maximum atomic E-state index is 8.43. The third-order valence-corrected chi connectivity index (χ3v) is 2.62. The molecule has 0 bridgehead atoms. The van der Waals surface area contributed by atoms with Crippen molar-refractivity contribution in [3.05, 3.63) is 23.8 Å². The van der Waals surface area contributed by atoms with E-state index in [2.05, 4.69) is 12.1 Å². The number of aryl methyl sites for hydroxylation is 1. The number of benzene rings is 1. The molecule has 0 spiro atoms. The van der Waals surface area contributed by atoms with Crippen LogP contribution in [0.4, 0.5) is 5.69 Å². The van der Waals surface area contributed by atoms with Gasteiger partial charge >= 0.3 is 0 Å². The van der Waals surface area contributed by atoms with Gasteiger partial charge in [-0.1, -0.05) is 6.07 Å². The Kier molecular flexibility index (Phi) is 3.66. The maximum Gasteiger partial charge on any atom is 0.0625 e. The van der Waals surface area contributed by atoms with Crippen LogP contribution in [-0.4, -0.2) is 6.26 Å². The Balaban J connectivity index is 2.81. The number of nitrogens with zero attached hydrogens (tertiary/aromatic N) is 1. The molecule has 0 unspecified atom stereocenters. The van der Waals surface area contributed by atoms with Crippen LogP contribution in [0.3, 0.4) is 0 Å². The zero-order chi connectivity index (χ0) is 9.68. The minimum Gasteiger partial charge on any atom is -0.398 e. The molecule has 0 aliphatic carbocycles. The molecule has 1 aromatic rings. The number of nitrogens with two attached hydrogens (primary N) is 1. The third kappa shape index (κ3) is 2.67. The lowest BCUT2D eigenvalue weighted by Gasteiger charge is -2.04. The summed E-state index contributed by atoms with van der Waals surface area (Å²) in [7, 11) is 0. The summed E-state index contributed by atoms with van der Waals surface area (Å²) in [4.78, 5) is 1.09. The van der Waals surface area contributed by atoms with Gasteiger partial charge < -0.3 is 5.73 Å². The van der Waals surface area contributed by atoms with E-state index in [1.54, 1.807) is 11.8 Å². The minimum atomic E-state index is 0.567. The molecule has 0 fully saturated rings. The average molecular weight is 192 g/mol. The monoisotopic (exact) mass is 192 g/mol. The van der Waals surface area contributed by atoms with Gasteiger partial charge in [0.2, 0.25) is 0 Å². The van der Waals surface area contributed by atoms with Crippen molar-refractivity contribution in [1.82, 2.24) is 0 Å². The van der Waals surface area contributed by atoms with Crippen LogP contribution in [0, 0.1) is 11.3 Å². The summed E-state index contributed by atoms with van der Waals surface area (Å²) in [5.41, 5.74) is 7.74. The van der Waals surface area contributed by atoms with E-state index in [0.29, 0.717) is 6.42 Å². The standard InChI is InChI=1S/C10H12N2S/c1-13-10-7-8(3-2-6-11)4-5-9(10)12/h4-5,7H,2-3,12H2,1H3. The Labute approximate surface area is 82.7 Å². The van der Waals surface area contributed by atoms with Crippen LogP contribution in [-0.2, 0) is 6.42 Å². The van der Waals surface area contributed by atoms with Gasteiger partial charge in [0, 0.05) is 17.0 Å². The number of thioether (sulfide) groups is 1. The van der Waals surface area contributed by atoms with E-state index in [1.807, 2.05) is 18.4 Å². The van der Waals surface area contributed by atoms with Crippen molar-refractivity contribution < 1.29 is 0 Å². The zero-order valence-corrected chi connectivity index (χ0v) is 8.40. The van der Waals surface area contributed by atoms with Gasteiger partial charge in [0.1, 0.15) is 0 Å². The van der Waals surface area contributed by atoms with Crippen molar-refractivity contribution in [3.63, 3.8) is 0 Å². The van der Waals surface area contributed by atoms with Crippen molar-refractivity contribution in [2.75, 3.05) is 12.0 Å². The largest absolute Gasteiger partial charge is 0.398 e. The van der Waals surface area contributed by atoms with E-state index in [0.717, 1.165) is 17.0 Å². The number of nitrogen functional groups attached to an aromatic ring is 1. The lowest BCUT2D eigenvalue weighted by Crippen LogP contribution is -1.91. The van der Waals surface area contributed by atoms with E-state index in [9.17, 15) is 0 Å². The van der Waals surface area contributed by atoms with Gasteiger partial charge in [-0.05, 0) is 30.4 Å². The van der Waals surface area contributed by atoms with E-state index in [4.69, 9.17) is 11.0 Å². The van der Waals surface area contributed by atoms with Crippen molar-refractivity contribution in [3.8, 4) is 6.07 Å². The number of anilines is 1. The molecule has 0 atom stereocenters. The summed E-state index contributed by atoms with van der Waals surface area (Å²) < 4.78 is 0. The van der Waals surface area contributed by atoms with Gasteiger partial charge in [0.25, 0.3) is 0 Å². The van der Waals surface area contributed by atoms with Crippen LogP contribution in [0.1, 0.15) is 12.0 Å². The minimum absolute atomic E-state index is 0.567. The number of nitriles is 1. The van der Waals surface area contributed by atoms with Crippen molar-refractivity contribution in [1.29, 1.82) is 5.26 Å². The molecule has 0 aromatic heterocycles. The molecule has 0 aliphatic heterocycles. The number of hydrogen-bond donors (Lipinski definition) is 1. The summed E-state index contributed by atoms with van der Waals surface area (Å²) in [5.74, 6) is 0. The van der Waals surface area contributed by atoms with Crippen LogP contribution in [0.25, 0.3) is 0 Å². The highest BCUT2D eigenvalue weighted by Crippen LogP contribution is 2.24. The smallest absolute Gasteiger partial charge is 0.0625 e. The summed E-state index contributed by atoms with van der Waals surface area (Å²) in [6.07, 6.45) is 3.38. The summed E-state index contributed by atoms with van der Waals surface area (Å²) >= 11 is 1.64. The first-order valence-electron chi connectivity index (χ1n) is 4.07. The Morgan fingerprint density at radius 3 is 2.92 bits per heavy atom. The van der Waals surface area contributed by atoms with Crippen molar-refractivity contribution >= 4 is 17.4 Å². The SMILES string of the molecule is CSc1cc(CCC#N)ccc1N. The normalized spacial score (nSPS) is 9.54. The molecule has 0 aliphatic rings. The number of rotatable bonds is 3. The summed E-state index contributed by atoms with van der Waals surface area (Å²) in [6.45, 7) is 0. The first-order valence-corrected chi connectivity index (χ1v) is 5.29. The second-order valence-electron chi connectivity index (χ2n) is 2.73. The molecule has 1 aromatic carbocycles. The second-order valence-corrected chi connectivity index (χ2v) is 3.58. The molecule has 3 heteroatoms. The van der Waals surface area contributed by atoms with Gasteiger partial charge in [-0.3, -0.25) is 0 Å². The highest BCUT2D eigenvalue weighted by atomic mass is 32.2. The first kappa shape index (κ1) is 9.94. The summed E-state index contributed by atoms with van der Waals surface area (Å²) in [6, 6.07) is 8.06. The molecule has 0 amide bonds. The van der Waals surface area contributed by atoms with Gasteiger partial charge in [-0.15, -0.1) is 11.8 Å². The molecule has 0 saturated heterocycles. The van der Waals surface area contributed by atoms with Crippen molar-refractivity contribution in [2.24, 2.45) is 0 Å². The van der Waals surface area contributed by atoms with Crippen LogP contribution >= 0.6 is 11.8 Å². The Hall–Kier alpha value is -1.14. The predicted octanol–water partition coefficient (Wildman–Crippen LogP) is 2.45. The van der Waals surface area contributed by atoms with Gasteiger partial charge in [-0.25, -0.2) is 0 Å². The maximum absolute atomic E-state index is 8.43. The molecular formula is C10H12N2S. The molecule has 2 N–H and O–H groups in total.